The van der Waals surface area contributed by atoms with Gasteiger partial charge in [0.25, 0.3) is 0 Å². The zero-order valence-corrected chi connectivity index (χ0v) is 11.7. The Hall–Kier alpha value is -1.71. The van der Waals surface area contributed by atoms with E-state index in [-0.39, 0.29) is 17.1 Å². The highest BCUT2D eigenvalue weighted by molar-refractivity contribution is 6.10. The minimum Gasteiger partial charge on any atom is -0.310 e. The number of Topliss-reactive ketones (excluding diaryl/α,β-unsaturated/α-hetero) is 1. The molecule has 0 bridgehead atoms. The van der Waals surface area contributed by atoms with Crippen LogP contribution in [0.1, 0.15) is 33.6 Å². The number of carbonyl (C=O) groups is 2. The Kier molecular flexibility index (Phi) is 3.69. The lowest BCUT2D eigenvalue weighted by Crippen LogP contribution is -2.31. The Labute approximate surface area is 113 Å². The van der Waals surface area contributed by atoms with Crippen molar-refractivity contribution in [2.24, 2.45) is 11.3 Å². The highest BCUT2D eigenvalue weighted by Gasteiger charge is 2.38. The summed E-state index contributed by atoms with van der Waals surface area (Å²) in [4.78, 5) is 30.2. The summed E-state index contributed by atoms with van der Waals surface area (Å²) < 4.78 is 0. The molecule has 1 aliphatic rings. The van der Waals surface area contributed by atoms with Crippen LogP contribution < -0.4 is 4.90 Å². The van der Waals surface area contributed by atoms with Crippen molar-refractivity contribution in [3.63, 3.8) is 0 Å². The van der Waals surface area contributed by atoms with Gasteiger partial charge in [0, 0.05) is 19.2 Å². The lowest BCUT2D eigenvalue weighted by atomic mass is 9.85. The summed E-state index contributed by atoms with van der Waals surface area (Å²) in [5.41, 5.74) is 0.706. The highest BCUT2D eigenvalue weighted by Crippen LogP contribution is 2.29. The molecule has 4 heteroatoms. The van der Waals surface area contributed by atoms with Crippen LogP contribution in [0.2, 0.25) is 0 Å². The quantitative estimate of drug-likeness (QED) is 0.784. The van der Waals surface area contributed by atoms with Gasteiger partial charge >= 0.3 is 0 Å². The topological polar surface area (TPSA) is 50.3 Å². The maximum Gasteiger partial charge on any atom is 0.237 e. The first-order valence-electron chi connectivity index (χ1n) is 6.62. The second kappa shape index (κ2) is 5.11. The summed E-state index contributed by atoms with van der Waals surface area (Å²) in [6, 6.07) is 3.65. The van der Waals surface area contributed by atoms with Gasteiger partial charge in [-0.25, -0.2) is 0 Å². The van der Waals surface area contributed by atoms with E-state index in [4.69, 9.17) is 0 Å². The number of amides is 1. The predicted octanol–water partition coefficient (Wildman–Crippen LogP) is 2.44. The normalized spacial score (nSPS) is 19.8. The molecule has 0 radical (unpaired) electrons. The van der Waals surface area contributed by atoms with Crippen molar-refractivity contribution in [2.75, 3.05) is 11.4 Å². The Morgan fingerprint density at radius 1 is 1.47 bits per heavy atom. The summed E-state index contributed by atoms with van der Waals surface area (Å²) in [6.45, 7) is 6.65. The van der Waals surface area contributed by atoms with Crippen molar-refractivity contribution >= 4 is 17.4 Å². The van der Waals surface area contributed by atoms with Crippen LogP contribution in [0.3, 0.4) is 0 Å². The van der Waals surface area contributed by atoms with Crippen LogP contribution in [-0.2, 0) is 9.59 Å². The molecule has 4 nitrogen and oxygen atoms in total. The van der Waals surface area contributed by atoms with Gasteiger partial charge in [-0.15, -0.1) is 0 Å². The molecule has 0 N–H and O–H groups in total. The van der Waals surface area contributed by atoms with E-state index in [1.807, 2.05) is 26.8 Å². The molecule has 2 rings (SSSR count). The summed E-state index contributed by atoms with van der Waals surface area (Å²) in [5.74, 6) is -0.495. The molecule has 2 heterocycles. The molecule has 102 valence electrons. The van der Waals surface area contributed by atoms with Crippen LogP contribution in [-0.4, -0.2) is 23.2 Å². The van der Waals surface area contributed by atoms with E-state index in [0.717, 1.165) is 5.69 Å². The molecule has 1 aliphatic heterocycles. The molecule has 0 aliphatic carbocycles. The zero-order chi connectivity index (χ0) is 14.0. The van der Waals surface area contributed by atoms with Crippen LogP contribution in [0.5, 0.6) is 0 Å². The fraction of sp³-hybridized carbons (Fsp3) is 0.533. The average Bonchev–Trinajstić information content (AvgIpc) is 2.70. The number of pyridine rings is 1. The average molecular weight is 260 g/mol. The first kappa shape index (κ1) is 13.7. The molecule has 0 saturated carbocycles. The van der Waals surface area contributed by atoms with Crippen LogP contribution in [0, 0.1) is 11.3 Å². The van der Waals surface area contributed by atoms with E-state index in [9.17, 15) is 9.59 Å². The summed E-state index contributed by atoms with van der Waals surface area (Å²) in [7, 11) is 0. The number of nitrogens with zero attached hydrogens (tertiary/aromatic N) is 2. The summed E-state index contributed by atoms with van der Waals surface area (Å²) in [6.07, 6.45) is 4.40. The maximum absolute atomic E-state index is 12.3. The first-order valence-corrected chi connectivity index (χ1v) is 6.62. The second-order valence-corrected chi connectivity index (χ2v) is 6.25. The molecule has 0 aromatic carbocycles. The Balaban J connectivity index is 2.08. The maximum atomic E-state index is 12.3. The smallest absolute Gasteiger partial charge is 0.237 e. The lowest BCUT2D eigenvalue weighted by molar-refractivity contribution is -0.131. The third kappa shape index (κ3) is 3.19. The van der Waals surface area contributed by atoms with Crippen LogP contribution >= 0.6 is 0 Å². The standard InChI is InChI=1S/C15H20N2O2/c1-15(2,3)9-13(18)12-6-8-17(14(12)19)11-5-4-7-16-10-11/h4-5,7,10,12H,6,8-9H2,1-3H3. The van der Waals surface area contributed by atoms with Gasteiger partial charge in [-0.05, 0) is 24.0 Å². The van der Waals surface area contributed by atoms with Gasteiger partial charge in [0.1, 0.15) is 5.78 Å². The molecule has 1 fully saturated rings. The molecule has 1 saturated heterocycles. The molecule has 0 spiro atoms. The Morgan fingerprint density at radius 3 is 2.79 bits per heavy atom. The van der Waals surface area contributed by atoms with Crippen molar-refractivity contribution in [3.05, 3.63) is 24.5 Å². The molecular weight excluding hydrogens is 240 g/mol. The van der Waals surface area contributed by atoms with E-state index < -0.39 is 5.92 Å². The number of ketones is 1. The van der Waals surface area contributed by atoms with Crippen molar-refractivity contribution in [1.82, 2.24) is 4.98 Å². The summed E-state index contributed by atoms with van der Waals surface area (Å²) in [5, 5.41) is 0. The van der Waals surface area contributed by atoms with Crippen LogP contribution in [0.4, 0.5) is 5.69 Å². The highest BCUT2D eigenvalue weighted by atomic mass is 16.2. The number of aromatic nitrogens is 1. The molecule has 19 heavy (non-hydrogen) atoms. The SMILES string of the molecule is CC(C)(C)CC(=O)C1CCN(c2cccnc2)C1=O. The van der Waals surface area contributed by atoms with Gasteiger partial charge in [-0.1, -0.05) is 20.8 Å². The van der Waals surface area contributed by atoms with Crippen LogP contribution in [0.25, 0.3) is 0 Å². The number of carbonyl (C=O) groups excluding carboxylic acids is 2. The van der Waals surface area contributed by atoms with Crippen LogP contribution in [0.15, 0.2) is 24.5 Å². The number of hydrogen-bond donors (Lipinski definition) is 0. The van der Waals surface area contributed by atoms with Gasteiger partial charge in [-0.3, -0.25) is 14.6 Å². The fourth-order valence-electron chi connectivity index (χ4n) is 2.39. The van der Waals surface area contributed by atoms with Crippen molar-refractivity contribution in [2.45, 2.75) is 33.6 Å². The van der Waals surface area contributed by atoms with Crippen molar-refractivity contribution < 1.29 is 9.59 Å². The second-order valence-electron chi connectivity index (χ2n) is 6.25. The first-order chi connectivity index (χ1) is 8.88. The summed E-state index contributed by atoms with van der Waals surface area (Å²) >= 11 is 0. The van der Waals surface area contributed by atoms with Crippen molar-refractivity contribution in [3.8, 4) is 0 Å². The largest absolute Gasteiger partial charge is 0.310 e. The van der Waals surface area contributed by atoms with E-state index in [1.165, 1.54) is 0 Å². The molecule has 1 unspecified atom stereocenters. The predicted molar refractivity (Wildman–Crippen MR) is 73.8 cm³/mol. The van der Waals surface area contributed by atoms with Gasteiger partial charge in [0.2, 0.25) is 5.91 Å². The monoisotopic (exact) mass is 260 g/mol. The van der Waals surface area contributed by atoms with Gasteiger partial charge in [0.15, 0.2) is 0 Å². The Bertz CT molecular complexity index is 477. The minimum atomic E-state index is -0.473. The van der Waals surface area contributed by atoms with E-state index in [0.29, 0.717) is 19.4 Å². The lowest BCUT2D eigenvalue weighted by Gasteiger charge is -2.19. The molecule has 1 amide bonds. The molecule has 1 aromatic heterocycles. The fourth-order valence-corrected chi connectivity index (χ4v) is 2.39. The number of rotatable bonds is 3. The zero-order valence-electron chi connectivity index (χ0n) is 11.7. The van der Waals surface area contributed by atoms with E-state index in [1.54, 1.807) is 23.4 Å². The number of anilines is 1. The van der Waals surface area contributed by atoms with Gasteiger partial charge < -0.3 is 4.90 Å². The van der Waals surface area contributed by atoms with Crippen molar-refractivity contribution in [1.29, 1.82) is 0 Å². The molecular formula is C15H20N2O2. The van der Waals surface area contributed by atoms with E-state index in [2.05, 4.69) is 4.98 Å². The van der Waals surface area contributed by atoms with Gasteiger partial charge in [-0.2, -0.15) is 0 Å². The minimum absolute atomic E-state index is 0.0592. The third-order valence-corrected chi connectivity index (χ3v) is 3.26. The number of hydrogen-bond acceptors (Lipinski definition) is 3. The third-order valence-electron chi connectivity index (χ3n) is 3.26. The molecule has 1 atom stereocenters. The Morgan fingerprint density at radius 2 is 2.21 bits per heavy atom. The van der Waals surface area contributed by atoms with E-state index >= 15 is 0 Å². The molecule has 1 aromatic rings. The van der Waals surface area contributed by atoms with Gasteiger partial charge in [0.05, 0.1) is 17.8 Å².